The summed E-state index contributed by atoms with van der Waals surface area (Å²) < 4.78 is 5.36. The van der Waals surface area contributed by atoms with E-state index < -0.39 is 0 Å². The maximum absolute atomic E-state index is 9.23. The highest BCUT2D eigenvalue weighted by atomic mass is 16.5. The fourth-order valence-corrected chi connectivity index (χ4v) is 2.01. The molecule has 106 valence electrons. The second-order valence-corrected chi connectivity index (χ2v) is 5.82. The van der Waals surface area contributed by atoms with Gasteiger partial charge in [-0.2, -0.15) is 0 Å². The SMILES string of the molecule is CC(C)(CO)CNc1ccc(N2CCOCC2)cc1. The molecule has 2 rings (SSSR count). The van der Waals surface area contributed by atoms with Gasteiger partial charge in [-0.25, -0.2) is 0 Å². The number of rotatable bonds is 5. The monoisotopic (exact) mass is 264 g/mol. The molecule has 1 saturated heterocycles. The predicted octanol–water partition coefficient (Wildman–Crippen LogP) is 1.95. The zero-order valence-corrected chi connectivity index (χ0v) is 11.9. The maximum Gasteiger partial charge on any atom is 0.0642 e. The molecule has 1 heterocycles. The van der Waals surface area contributed by atoms with Crippen LogP contribution in [0, 0.1) is 5.41 Å². The van der Waals surface area contributed by atoms with Gasteiger partial charge in [0.2, 0.25) is 0 Å². The summed E-state index contributed by atoms with van der Waals surface area (Å²) >= 11 is 0. The van der Waals surface area contributed by atoms with Crippen LogP contribution in [0.1, 0.15) is 13.8 Å². The van der Waals surface area contributed by atoms with Crippen LogP contribution in [-0.4, -0.2) is 44.6 Å². The Kier molecular flexibility index (Phi) is 4.66. The Hall–Kier alpha value is -1.26. The quantitative estimate of drug-likeness (QED) is 0.853. The lowest BCUT2D eigenvalue weighted by Gasteiger charge is -2.29. The van der Waals surface area contributed by atoms with Crippen molar-refractivity contribution in [2.24, 2.45) is 5.41 Å². The van der Waals surface area contributed by atoms with Gasteiger partial charge in [0.25, 0.3) is 0 Å². The van der Waals surface area contributed by atoms with Crippen LogP contribution in [0.2, 0.25) is 0 Å². The molecule has 0 amide bonds. The van der Waals surface area contributed by atoms with E-state index in [-0.39, 0.29) is 12.0 Å². The van der Waals surface area contributed by atoms with E-state index in [1.165, 1.54) is 5.69 Å². The van der Waals surface area contributed by atoms with Crippen molar-refractivity contribution in [2.45, 2.75) is 13.8 Å². The molecule has 1 aliphatic heterocycles. The van der Waals surface area contributed by atoms with E-state index >= 15 is 0 Å². The van der Waals surface area contributed by atoms with Crippen LogP contribution in [0.4, 0.5) is 11.4 Å². The Bertz CT molecular complexity index is 384. The van der Waals surface area contributed by atoms with Gasteiger partial charge in [-0.05, 0) is 24.3 Å². The molecule has 1 aliphatic rings. The molecule has 0 unspecified atom stereocenters. The van der Waals surface area contributed by atoms with Crippen molar-refractivity contribution in [2.75, 3.05) is 49.7 Å². The lowest BCUT2D eigenvalue weighted by molar-refractivity contribution is 0.122. The summed E-state index contributed by atoms with van der Waals surface area (Å²) in [5.74, 6) is 0. The van der Waals surface area contributed by atoms with Crippen LogP contribution >= 0.6 is 0 Å². The van der Waals surface area contributed by atoms with Crippen LogP contribution in [-0.2, 0) is 4.74 Å². The lowest BCUT2D eigenvalue weighted by atomic mass is 9.95. The summed E-state index contributed by atoms with van der Waals surface area (Å²) in [7, 11) is 0. The first-order chi connectivity index (χ1) is 9.11. The number of hydrogen-bond donors (Lipinski definition) is 2. The molecule has 1 fully saturated rings. The van der Waals surface area contributed by atoms with Gasteiger partial charge in [0.1, 0.15) is 0 Å². The van der Waals surface area contributed by atoms with Crippen molar-refractivity contribution < 1.29 is 9.84 Å². The average molecular weight is 264 g/mol. The zero-order chi connectivity index (χ0) is 13.7. The Morgan fingerprint density at radius 3 is 2.42 bits per heavy atom. The van der Waals surface area contributed by atoms with E-state index in [2.05, 4.69) is 34.5 Å². The summed E-state index contributed by atoms with van der Waals surface area (Å²) in [6.07, 6.45) is 0. The van der Waals surface area contributed by atoms with Crippen molar-refractivity contribution in [1.29, 1.82) is 0 Å². The first-order valence-corrected chi connectivity index (χ1v) is 6.88. The molecule has 0 bridgehead atoms. The minimum Gasteiger partial charge on any atom is -0.396 e. The van der Waals surface area contributed by atoms with E-state index in [0.29, 0.717) is 0 Å². The number of nitrogens with one attached hydrogen (secondary N) is 1. The highest BCUT2D eigenvalue weighted by molar-refractivity contribution is 5.55. The van der Waals surface area contributed by atoms with E-state index in [1.807, 2.05) is 13.8 Å². The van der Waals surface area contributed by atoms with Crippen LogP contribution in [0.25, 0.3) is 0 Å². The molecule has 4 nitrogen and oxygen atoms in total. The largest absolute Gasteiger partial charge is 0.396 e. The number of morpholine rings is 1. The smallest absolute Gasteiger partial charge is 0.0642 e. The third kappa shape index (κ3) is 4.11. The second-order valence-electron chi connectivity index (χ2n) is 5.82. The summed E-state index contributed by atoms with van der Waals surface area (Å²) in [5.41, 5.74) is 2.25. The number of anilines is 2. The molecule has 4 heteroatoms. The fraction of sp³-hybridized carbons (Fsp3) is 0.600. The Morgan fingerprint density at radius 1 is 1.21 bits per heavy atom. The molecular formula is C15H24N2O2. The van der Waals surface area contributed by atoms with Gasteiger partial charge >= 0.3 is 0 Å². The minimum absolute atomic E-state index is 0.0944. The summed E-state index contributed by atoms with van der Waals surface area (Å²) in [6.45, 7) is 8.58. The molecule has 0 spiro atoms. The number of nitrogens with zero attached hydrogens (tertiary/aromatic N) is 1. The Morgan fingerprint density at radius 2 is 1.84 bits per heavy atom. The van der Waals surface area contributed by atoms with Crippen molar-refractivity contribution in [3.63, 3.8) is 0 Å². The molecule has 0 atom stereocenters. The molecule has 2 N–H and O–H groups in total. The van der Waals surface area contributed by atoms with Gasteiger partial charge < -0.3 is 20.1 Å². The number of benzene rings is 1. The van der Waals surface area contributed by atoms with E-state index in [4.69, 9.17) is 4.74 Å². The number of hydrogen-bond acceptors (Lipinski definition) is 4. The van der Waals surface area contributed by atoms with Gasteiger partial charge in [-0.1, -0.05) is 13.8 Å². The van der Waals surface area contributed by atoms with Gasteiger partial charge in [0, 0.05) is 43.0 Å². The molecule has 19 heavy (non-hydrogen) atoms. The first kappa shape index (κ1) is 14.2. The van der Waals surface area contributed by atoms with Crippen molar-refractivity contribution >= 4 is 11.4 Å². The number of ether oxygens (including phenoxy) is 1. The van der Waals surface area contributed by atoms with Gasteiger partial charge in [-0.3, -0.25) is 0 Å². The summed E-state index contributed by atoms with van der Waals surface area (Å²) in [4.78, 5) is 2.34. The van der Waals surface area contributed by atoms with E-state index in [0.717, 1.165) is 38.5 Å². The minimum atomic E-state index is -0.0944. The standard InChI is InChI=1S/C15H24N2O2/c1-15(2,12-18)11-16-13-3-5-14(6-4-13)17-7-9-19-10-8-17/h3-6,16,18H,7-12H2,1-2H3. The molecule has 0 saturated carbocycles. The zero-order valence-electron chi connectivity index (χ0n) is 11.9. The van der Waals surface area contributed by atoms with Crippen molar-refractivity contribution in [3.8, 4) is 0 Å². The number of aliphatic hydroxyl groups excluding tert-OH is 1. The topological polar surface area (TPSA) is 44.7 Å². The normalized spacial score (nSPS) is 16.5. The number of aliphatic hydroxyl groups is 1. The van der Waals surface area contributed by atoms with Gasteiger partial charge in [-0.15, -0.1) is 0 Å². The summed E-state index contributed by atoms with van der Waals surface area (Å²) in [6, 6.07) is 8.47. The maximum atomic E-state index is 9.23. The van der Waals surface area contributed by atoms with Crippen LogP contribution in [0.5, 0.6) is 0 Å². The van der Waals surface area contributed by atoms with Crippen LogP contribution in [0.3, 0.4) is 0 Å². The third-order valence-corrected chi connectivity index (χ3v) is 3.44. The van der Waals surface area contributed by atoms with Gasteiger partial charge in [0.15, 0.2) is 0 Å². The average Bonchev–Trinajstić information content (AvgIpc) is 2.47. The first-order valence-electron chi connectivity index (χ1n) is 6.88. The third-order valence-electron chi connectivity index (χ3n) is 3.44. The highest BCUT2D eigenvalue weighted by Crippen LogP contribution is 2.20. The molecule has 1 aromatic carbocycles. The lowest BCUT2D eigenvalue weighted by Crippen LogP contribution is -2.36. The predicted molar refractivity (Wildman–Crippen MR) is 78.8 cm³/mol. The van der Waals surface area contributed by atoms with Gasteiger partial charge in [0.05, 0.1) is 13.2 Å². The van der Waals surface area contributed by atoms with Crippen molar-refractivity contribution in [1.82, 2.24) is 0 Å². The molecule has 0 aliphatic carbocycles. The van der Waals surface area contributed by atoms with Crippen LogP contribution < -0.4 is 10.2 Å². The van der Waals surface area contributed by atoms with E-state index in [1.54, 1.807) is 0 Å². The Labute approximate surface area is 115 Å². The highest BCUT2D eigenvalue weighted by Gasteiger charge is 2.16. The molecular weight excluding hydrogens is 240 g/mol. The van der Waals surface area contributed by atoms with E-state index in [9.17, 15) is 5.11 Å². The van der Waals surface area contributed by atoms with Crippen LogP contribution in [0.15, 0.2) is 24.3 Å². The fourth-order valence-electron chi connectivity index (χ4n) is 2.01. The summed E-state index contributed by atoms with van der Waals surface area (Å²) in [5, 5.41) is 12.6. The van der Waals surface area contributed by atoms with Crippen molar-refractivity contribution in [3.05, 3.63) is 24.3 Å². The Balaban J connectivity index is 1.91. The second kappa shape index (κ2) is 6.26. The molecule has 0 aromatic heterocycles. The molecule has 0 radical (unpaired) electrons. The molecule has 1 aromatic rings.